The lowest BCUT2D eigenvalue weighted by Crippen LogP contribution is -2.24. The second-order valence-electron chi connectivity index (χ2n) is 4.65. The maximum absolute atomic E-state index is 12.5. The number of hydrogen-bond donors (Lipinski definition) is 1. The molecular formula is C14H12N4O3. The van der Waals surface area contributed by atoms with Gasteiger partial charge >= 0.3 is 5.97 Å². The minimum Gasteiger partial charge on any atom is -0.478 e. The highest BCUT2D eigenvalue weighted by Crippen LogP contribution is 2.13. The first-order valence-electron chi connectivity index (χ1n) is 6.28. The van der Waals surface area contributed by atoms with Crippen molar-refractivity contribution in [3.05, 3.63) is 64.1 Å². The molecule has 3 aromatic heterocycles. The number of carboxylic acids is 1. The fourth-order valence-electron chi connectivity index (χ4n) is 2.23. The molecule has 3 aromatic rings. The topological polar surface area (TPSA) is 89.5 Å². The Kier molecular flexibility index (Phi) is 3.02. The summed E-state index contributed by atoms with van der Waals surface area (Å²) in [6, 6.07) is 5.44. The van der Waals surface area contributed by atoms with Crippen molar-refractivity contribution in [3.8, 4) is 0 Å². The number of carbonyl (C=O) groups is 1. The van der Waals surface area contributed by atoms with Gasteiger partial charge < -0.3 is 5.11 Å². The van der Waals surface area contributed by atoms with Gasteiger partial charge in [-0.1, -0.05) is 6.07 Å². The summed E-state index contributed by atoms with van der Waals surface area (Å²) in [5.41, 5.74) is 1.20. The summed E-state index contributed by atoms with van der Waals surface area (Å²) in [6.45, 7) is 1.89. The van der Waals surface area contributed by atoms with Crippen LogP contribution in [-0.2, 0) is 6.54 Å². The number of carboxylic acid groups (broad SMARTS) is 1. The Bertz CT molecular complexity index is 880. The summed E-state index contributed by atoms with van der Waals surface area (Å²) in [4.78, 5) is 27.8. The highest BCUT2D eigenvalue weighted by atomic mass is 16.4. The Hall–Kier alpha value is -2.96. The molecule has 106 valence electrons. The molecule has 0 bridgehead atoms. The van der Waals surface area contributed by atoms with Gasteiger partial charge in [0.05, 0.1) is 17.8 Å². The maximum Gasteiger partial charge on any atom is 0.337 e. The first kappa shape index (κ1) is 13.0. The molecule has 0 saturated carbocycles. The van der Waals surface area contributed by atoms with Gasteiger partial charge in [-0.05, 0) is 24.6 Å². The summed E-state index contributed by atoms with van der Waals surface area (Å²) in [6.07, 6.45) is 4.38. The standard InChI is InChI=1S/C14H12N4O3/c1-9-11(14(20)21)7-18-12(9)13(19)17(8-16-18)6-10-4-2-3-5-15-10/h2-5,7-8H,6H2,1H3,(H,20,21). The molecule has 3 rings (SSSR count). The summed E-state index contributed by atoms with van der Waals surface area (Å²) >= 11 is 0. The van der Waals surface area contributed by atoms with Gasteiger partial charge in [0.1, 0.15) is 11.8 Å². The van der Waals surface area contributed by atoms with E-state index in [1.165, 1.54) is 21.6 Å². The summed E-state index contributed by atoms with van der Waals surface area (Å²) < 4.78 is 2.71. The number of pyridine rings is 1. The van der Waals surface area contributed by atoms with E-state index in [1.54, 1.807) is 19.2 Å². The summed E-state index contributed by atoms with van der Waals surface area (Å²) in [7, 11) is 0. The van der Waals surface area contributed by atoms with E-state index < -0.39 is 5.97 Å². The molecule has 1 N–H and O–H groups in total. The smallest absolute Gasteiger partial charge is 0.337 e. The van der Waals surface area contributed by atoms with E-state index in [9.17, 15) is 9.59 Å². The molecule has 0 aliphatic heterocycles. The normalized spacial score (nSPS) is 10.9. The maximum atomic E-state index is 12.5. The van der Waals surface area contributed by atoms with E-state index in [1.807, 2.05) is 12.1 Å². The van der Waals surface area contributed by atoms with Crippen LogP contribution >= 0.6 is 0 Å². The zero-order chi connectivity index (χ0) is 15.0. The number of aromatic nitrogens is 4. The second-order valence-corrected chi connectivity index (χ2v) is 4.65. The number of aryl methyl sites for hydroxylation is 1. The van der Waals surface area contributed by atoms with Crippen molar-refractivity contribution < 1.29 is 9.90 Å². The largest absolute Gasteiger partial charge is 0.478 e. The SMILES string of the molecule is Cc1c(C(=O)O)cn2ncn(Cc3ccccn3)c(=O)c12. The molecule has 0 unspecified atom stereocenters. The third kappa shape index (κ3) is 2.18. The first-order chi connectivity index (χ1) is 10.1. The lowest BCUT2D eigenvalue weighted by molar-refractivity contribution is 0.0696. The van der Waals surface area contributed by atoms with Crippen LogP contribution in [-0.4, -0.2) is 30.2 Å². The minimum absolute atomic E-state index is 0.0789. The van der Waals surface area contributed by atoms with Gasteiger partial charge in [-0.2, -0.15) is 5.10 Å². The molecule has 0 aliphatic rings. The second kappa shape index (κ2) is 4.86. The molecule has 0 fully saturated rings. The van der Waals surface area contributed by atoms with Gasteiger partial charge in [0.2, 0.25) is 0 Å². The molecule has 7 heteroatoms. The number of rotatable bonds is 3. The summed E-state index contributed by atoms with van der Waals surface area (Å²) in [5, 5.41) is 13.2. The van der Waals surface area contributed by atoms with E-state index >= 15 is 0 Å². The third-order valence-corrected chi connectivity index (χ3v) is 3.31. The highest BCUT2D eigenvalue weighted by Gasteiger charge is 2.17. The predicted octanol–water partition coefficient (Wildman–Crippen LogP) is 0.946. The molecule has 3 heterocycles. The third-order valence-electron chi connectivity index (χ3n) is 3.31. The van der Waals surface area contributed by atoms with Gasteiger partial charge in [-0.15, -0.1) is 0 Å². The Labute approximate surface area is 119 Å². The van der Waals surface area contributed by atoms with Gasteiger partial charge in [0.15, 0.2) is 0 Å². The summed E-state index contributed by atoms with van der Waals surface area (Å²) in [5.74, 6) is -1.08. The van der Waals surface area contributed by atoms with E-state index in [0.717, 1.165) is 5.69 Å². The van der Waals surface area contributed by atoms with E-state index in [-0.39, 0.29) is 23.2 Å². The molecule has 0 atom stereocenters. The molecule has 21 heavy (non-hydrogen) atoms. The van der Waals surface area contributed by atoms with Crippen molar-refractivity contribution in [3.63, 3.8) is 0 Å². The van der Waals surface area contributed by atoms with E-state index in [0.29, 0.717) is 5.56 Å². The predicted molar refractivity (Wildman–Crippen MR) is 74.5 cm³/mol. The average Bonchev–Trinajstić information content (AvgIpc) is 2.81. The number of fused-ring (bicyclic) bond motifs is 1. The van der Waals surface area contributed by atoms with Crippen LogP contribution < -0.4 is 5.56 Å². The van der Waals surface area contributed by atoms with Gasteiger partial charge in [-0.3, -0.25) is 14.3 Å². The van der Waals surface area contributed by atoms with Crippen molar-refractivity contribution in [2.24, 2.45) is 0 Å². The van der Waals surface area contributed by atoms with Crippen LogP contribution in [0.4, 0.5) is 0 Å². The van der Waals surface area contributed by atoms with E-state index in [2.05, 4.69) is 10.1 Å². The molecule has 0 aromatic carbocycles. The zero-order valence-corrected chi connectivity index (χ0v) is 11.2. The van der Waals surface area contributed by atoms with Gasteiger partial charge in [0.25, 0.3) is 5.56 Å². The molecule has 0 amide bonds. The van der Waals surface area contributed by atoms with Gasteiger partial charge in [0, 0.05) is 12.4 Å². The Morgan fingerprint density at radius 1 is 1.38 bits per heavy atom. The average molecular weight is 284 g/mol. The van der Waals surface area contributed by atoms with Crippen molar-refractivity contribution >= 4 is 11.5 Å². The molecular weight excluding hydrogens is 272 g/mol. The Balaban J connectivity index is 2.14. The van der Waals surface area contributed by atoms with Crippen molar-refractivity contribution in [1.82, 2.24) is 19.2 Å². The molecule has 0 spiro atoms. The molecule has 0 aliphatic carbocycles. The van der Waals surface area contributed by atoms with Crippen LogP contribution in [0.2, 0.25) is 0 Å². The van der Waals surface area contributed by atoms with Crippen LogP contribution in [0.25, 0.3) is 5.52 Å². The fraction of sp³-hybridized carbons (Fsp3) is 0.143. The van der Waals surface area contributed by atoms with Crippen LogP contribution in [0.5, 0.6) is 0 Å². The van der Waals surface area contributed by atoms with Crippen molar-refractivity contribution in [2.45, 2.75) is 13.5 Å². The number of hydrogen-bond acceptors (Lipinski definition) is 4. The first-order valence-corrected chi connectivity index (χ1v) is 6.28. The zero-order valence-electron chi connectivity index (χ0n) is 11.2. The molecule has 0 radical (unpaired) electrons. The van der Waals surface area contributed by atoms with Crippen LogP contribution in [0.3, 0.4) is 0 Å². The highest BCUT2D eigenvalue weighted by molar-refractivity contribution is 5.91. The Morgan fingerprint density at radius 2 is 2.19 bits per heavy atom. The lowest BCUT2D eigenvalue weighted by Gasteiger charge is -2.05. The quantitative estimate of drug-likeness (QED) is 0.773. The van der Waals surface area contributed by atoms with Gasteiger partial charge in [-0.25, -0.2) is 9.31 Å². The fourth-order valence-corrected chi connectivity index (χ4v) is 2.23. The number of aromatic carboxylic acids is 1. The van der Waals surface area contributed by atoms with Crippen molar-refractivity contribution in [2.75, 3.05) is 0 Å². The van der Waals surface area contributed by atoms with Crippen molar-refractivity contribution in [1.29, 1.82) is 0 Å². The minimum atomic E-state index is -1.08. The molecule has 7 nitrogen and oxygen atoms in total. The number of nitrogens with zero attached hydrogens (tertiary/aromatic N) is 4. The monoisotopic (exact) mass is 284 g/mol. The lowest BCUT2D eigenvalue weighted by atomic mass is 10.2. The molecule has 0 saturated heterocycles. The van der Waals surface area contributed by atoms with Crippen LogP contribution in [0, 0.1) is 6.92 Å². The Morgan fingerprint density at radius 3 is 2.86 bits per heavy atom. The van der Waals surface area contributed by atoms with E-state index in [4.69, 9.17) is 5.11 Å². The van der Waals surface area contributed by atoms with Crippen LogP contribution in [0.15, 0.2) is 41.7 Å². The van der Waals surface area contributed by atoms with Crippen LogP contribution in [0.1, 0.15) is 21.6 Å².